The Hall–Kier alpha value is -1.19. The van der Waals surface area contributed by atoms with Crippen molar-refractivity contribution in [1.29, 1.82) is 0 Å². The van der Waals surface area contributed by atoms with Crippen molar-refractivity contribution in [2.75, 3.05) is 0 Å². The molecule has 1 N–H and O–H groups in total. The Bertz CT molecular complexity index is 206. The van der Waals surface area contributed by atoms with Crippen LogP contribution in [0.4, 0.5) is 8.78 Å². The quantitative estimate of drug-likeness (QED) is 0.310. The molecule has 0 atom stereocenters. The van der Waals surface area contributed by atoms with Gasteiger partial charge in [0, 0.05) is 12.1 Å². The molecule has 48 valence electrons. The normalized spacial score (nSPS) is 9.56. The first-order valence-electron chi connectivity index (χ1n) is 2.27. The monoisotopic (exact) mass is 132 g/mol. The van der Waals surface area contributed by atoms with Crippen molar-refractivity contribution in [3.8, 4) is 0 Å². The number of hydrogen-bond acceptors (Lipinski definition) is 1. The van der Waals surface area contributed by atoms with Gasteiger partial charge >= 0.3 is 11.9 Å². The van der Waals surface area contributed by atoms with Crippen LogP contribution >= 0.6 is 0 Å². The SMILES string of the molecule is O[n+]1c(F)cccc1F. The van der Waals surface area contributed by atoms with Crippen LogP contribution in [0.15, 0.2) is 18.2 Å². The summed E-state index contributed by atoms with van der Waals surface area (Å²) in [6.45, 7) is 0. The van der Waals surface area contributed by atoms with Crippen molar-refractivity contribution in [2.45, 2.75) is 0 Å². The Morgan fingerprint density at radius 1 is 1.22 bits per heavy atom. The summed E-state index contributed by atoms with van der Waals surface area (Å²) in [5.74, 6) is -2.04. The van der Waals surface area contributed by atoms with E-state index in [9.17, 15) is 8.78 Å². The van der Waals surface area contributed by atoms with Crippen LogP contribution in [0.1, 0.15) is 0 Å². The summed E-state index contributed by atoms with van der Waals surface area (Å²) in [4.78, 5) is 0. The van der Waals surface area contributed by atoms with Crippen molar-refractivity contribution in [1.82, 2.24) is 0 Å². The lowest BCUT2D eigenvalue weighted by molar-refractivity contribution is -0.942. The first-order valence-corrected chi connectivity index (χ1v) is 2.27. The van der Waals surface area contributed by atoms with E-state index in [0.29, 0.717) is 0 Å². The minimum Gasteiger partial charge on any atom is -0.280 e. The zero-order valence-electron chi connectivity index (χ0n) is 4.38. The van der Waals surface area contributed by atoms with Gasteiger partial charge in [-0.05, 0) is 6.07 Å². The minimum atomic E-state index is -1.02. The van der Waals surface area contributed by atoms with E-state index in [1.54, 1.807) is 0 Å². The fraction of sp³-hybridized carbons (Fsp3) is 0. The van der Waals surface area contributed by atoms with Crippen molar-refractivity contribution >= 4 is 0 Å². The van der Waals surface area contributed by atoms with E-state index in [0.717, 1.165) is 18.2 Å². The molecule has 0 bridgehead atoms. The van der Waals surface area contributed by atoms with E-state index >= 15 is 0 Å². The van der Waals surface area contributed by atoms with Gasteiger partial charge in [-0.25, -0.2) is 0 Å². The number of hydrogen-bond donors (Lipinski definition) is 1. The Kier molecular flexibility index (Phi) is 1.30. The predicted molar refractivity (Wildman–Crippen MR) is 23.7 cm³/mol. The molecule has 1 heterocycles. The summed E-state index contributed by atoms with van der Waals surface area (Å²) >= 11 is 0. The molecular formula is C5H4F2NO+. The van der Waals surface area contributed by atoms with Gasteiger partial charge in [-0.1, -0.05) is 0 Å². The molecule has 9 heavy (non-hydrogen) atoms. The van der Waals surface area contributed by atoms with Crippen molar-refractivity contribution in [3.05, 3.63) is 30.1 Å². The Labute approximate surface area is 49.9 Å². The van der Waals surface area contributed by atoms with Gasteiger partial charge in [0.2, 0.25) is 0 Å². The highest BCUT2D eigenvalue weighted by molar-refractivity contribution is 4.87. The number of rotatable bonds is 0. The summed E-state index contributed by atoms with van der Waals surface area (Å²) in [6, 6.07) is 3.06. The van der Waals surface area contributed by atoms with Crippen LogP contribution in [0, 0.1) is 11.9 Å². The van der Waals surface area contributed by atoms with Crippen molar-refractivity contribution in [3.63, 3.8) is 0 Å². The van der Waals surface area contributed by atoms with Crippen LogP contribution in [-0.4, -0.2) is 5.21 Å². The summed E-state index contributed by atoms with van der Waals surface area (Å²) in [5.41, 5.74) is 0. The Morgan fingerprint density at radius 3 is 2.00 bits per heavy atom. The molecular weight excluding hydrogens is 128 g/mol. The van der Waals surface area contributed by atoms with Crippen LogP contribution in [0.5, 0.6) is 0 Å². The highest BCUT2D eigenvalue weighted by Crippen LogP contribution is 1.90. The molecule has 0 aliphatic heterocycles. The second-order valence-electron chi connectivity index (χ2n) is 1.48. The summed E-state index contributed by atoms with van der Waals surface area (Å²) in [6.07, 6.45) is 0. The van der Waals surface area contributed by atoms with Gasteiger partial charge in [0.05, 0.1) is 4.73 Å². The van der Waals surface area contributed by atoms with E-state index in [-0.39, 0.29) is 4.73 Å². The van der Waals surface area contributed by atoms with Crippen LogP contribution in [0.3, 0.4) is 0 Å². The van der Waals surface area contributed by atoms with Gasteiger partial charge in [0.15, 0.2) is 0 Å². The molecule has 0 unspecified atom stereocenters. The maximum Gasteiger partial charge on any atom is 0.411 e. The van der Waals surface area contributed by atoms with Gasteiger partial charge in [0.1, 0.15) is 0 Å². The molecule has 0 aliphatic rings. The summed E-state index contributed by atoms with van der Waals surface area (Å²) in [5, 5.41) is 8.37. The lowest BCUT2D eigenvalue weighted by Crippen LogP contribution is -2.38. The van der Waals surface area contributed by atoms with E-state index in [1.165, 1.54) is 0 Å². The average molecular weight is 132 g/mol. The summed E-state index contributed by atoms with van der Waals surface area (Å²) in [7, 11) is 0. The molecule has 1 aromatic heterocycles. The number of pyridine rings is 1. The Balaban J connectivity index is 3.25. The molecule has 0 fully saturated rings. The molecule has 2 nitrogen and oxygen atoms in total. The highest BCUT2D eigenvalue weighted by atomic mass is 19.1. The summed E-state index contributed by atoms with van der Waals surface area (Å²) < 4.78 is 23.9. The third kappa shape index (κ3) is 0.960. The van der Waals surface area contributed by atoms with Crippen LogP contribution in [0.25, 0.3) is 0 Å². The lowest BCUT2D eigenvalue weighted by Gasteiger charge is -1.83. The zero-order chi connectivity index (χ0) is 6.85. The van der Waals surface area contributed by atoms with Gasteiger partial charge in [0.25, 0.3) is 0 Å². The number of nitrogens with zero attached hydrogens (tertiary/aromatic N) is 1. The highest BCUT2D eigenvalue weighted by Gasteiger charge is 2.13. The molecule has 0 saturated carbocycles. The van der Waals surface area contributed by atoms with Gasteiger partial charge in [-0.3, -0.25) is 5.21 Å². The molecule has 0 aliphatic carbocycles. The standard InChI is InChI=1S/C5H4F2NO/c6-4-2-1-3-5(7)8(4)9/h1-3,9H/q+1. The largest absolute Gasteiger partial charge is 0.411 e. The van der Waals surface area contributed by atoms with Crippen molar-refractivity contribution in [2.24, 2.45) is 0 Å². The molecule has 1 aromatic rings. The number of aromatic nitrogens is 1. The fourth-order valence-electron chi connectivity index (χ4n) is 0.450. The predicted octanol–water partition coefficient (Wildman–Crippen LogP) is 0.490. The molecule has 0 amide bonds. The molecule has 0 aromatic carbocycles. The third-order valence-corrected chi connectivity index (χ3v) is 0.872. The molecule has 0 radical (unpaired) electrons. The third-order valence-electron chi connectivity index (χ3n) is 0.872. The second-order valence-corrected chi connectivity index (χ2v) is 1.48. The van der Waals surface area contributed by atoms with E-state index in [4.69, 9.17) is 5.21 Å². The first kappa shape index (κ1) is 5.94. The maximum absolute atomic E-state index is 12.1. The van der Waals surface area contributed by atoms with E-state index < -0.39 is 11.9 Å². The van der Waals surface area contributed by atoms with E-state index in [2.05, 4.69) is 0 Å². The van der Waals surface area contributed by atoms with Gasteiger partial charge < -0.3 is 0 Å². The van der Waals surface area contributed by atoms with Crippen LogP contribution in [-0.2, 0) is 0 Å². The topological polar surface area (TPSA) is 24.1 Å². The first-order chi connectivity index (χ1) is 4.22. The average Bonchev–Trinajstić information content (AvgIpc) is 1.83. The molecule has 1 rings (SSSR count). The number of halogens is 2. The maximum atomic E-state index is 12.1. The van der Waals surface area contributed by atoms with Gasteiger partial charge in [-0.15, -0.1) is 8.78 Å². The molecule has 0 saturated heterocycles. The molecule has 4 heteroatoms. The molecule has 0 spiro atoms. The van der Waals surface area contributed by atoms with Gasteiger partial charge in [-0.2, -0.15) is 0 Å². The lowest BCUT2D eigenvalue weighted by atomic mass is 10.5. The smallest absolute Gasteiger partial charge is 0.280 e. The van der Waals surface area contributed by atoms with E-state index in [1.807, 2.05) is 0 Å². The van der Waals surface area contributed by atoms with Crippen molar-refractivity contribution < 1.29 is 18.7 Å². The minimum absolute atomic E-state index is 0.167. The van der Waals surface area contributed by atoms with Crippen LogP contribution < -0.4 is 4.73 Å². The van der Waals surface area contributed by atoms with Crippen LogP contribution in [0.2, 0.25) is 0 Å². The Morgan fingerprint density at radius 2 is 1.67 bits per heavy atom. The fourth-order valence-corrected chi connectivity index (χ4v) is 0.450. The zero-order valence-corrected chi connectivity index (χ0v) is 4.38. The second kappa shape index (κ2) is 1.97.